The fourth-order valence-electron chi connectivity index (χ4n) is 3.24. The van der Waals surface area contributed by atoms with Crippen molar-refractivity contribution in [3.05, 3.63) is 99.1 Å². The first-order chi connectivity index (χ1) is 14.4. The number of rotatable bonds is 5. The molecule has 4 aromatic rings. The van der Waals surface area contributed by atoms with E-state index >= 15 is 0 Å². The maximum absolute atomic E-state index is 13.4. The lowest BCUT2D eigenvalue weighted by Gasteiger charge is -2.20. The Hall–Kier alpha value is -3.58. The monoisotopic (exact) mass is 417 g/mol. The molecule has 0 saturated carbocycles. The second kappa shape index (κ2) is 8.04. The van der Waals surface area contributed by atoms with Gasteiger partial charge in [-0.2, -0.15) is 0 Å². The minimum Gasteiger partial charge on any atom is -0.279 e. The van der Waals surface area contributed by atoms with Crippen LogP contribution in [0.3, 0.4) is 0 Å². The number of nitrogens with zero attached hydrogens (tertiary/aromatic N) is 3. The highest BCUT2D eigenvalue weighted by atomic mass is 32.1. The zero-order chi connectivity index (χ0) is 21.3. The SMILES string of the molecule is Cc1ccc(C)c2sc(N(Cc3ccccc3)C(=O)c3ccc([N+](=O)[O-])cc3)nc12. The number of aromatic nitrogens is 1. The molecule has 0 saturated heterocycles. The van der Waals surface area contributed by atoms with Gasteiger partial charge in [0.1, 0.15) is 0 Å². The summed E-state index contributed by atoms with van der Waals surface area (Å²) in [4.78, 5) is 30.3. The molecule has 1 heterocycles. The number of hydrogen-bond donors (Lipinski definition) is 0. The Labute approximate surface area is 177 Å². The van der Waals surface area contributed by atoms with Crippen molar-refractivity contribution >= 4 is 38.3 Å². The number of nitro benzene ring substituents is 1. The number of anilines is 1. The summed E-state index contributed by atoms with van der Waals surface area (Å²) in [7, 11) is 0. The molecule has 0 aliphatic carbocycles. The van der Waals surface area contributed by atoms with Gasteiger partial charge in [0, 0.05) is 17.7 Å². The number of carbonyl (C=O) groups excluding carboxylic acids is 1. The van der Waals surface area contributed by atoms with Gasteiger partial charge in [0.15, 0.2) is 5.13 Å². The second-order valence-electron chi connectivity index (χ2n) is 7.05. The van der Waals surface area contributed by atoms with E-state index in [9.17, 15) is 14.9 Å². The molecule has 1 aromatic heterocycles. The summed E-state index contributed by atoms with van der Waals surface area (Å²) in [6, 6.07) is 19.5. The Balaban J connectivity index is 1.78. The van der Waals surface area contributed by atoms with Gasteiger partial charge in [0.25, 0.3) is 11.6 Å². The number of aryl methyl sites for hydroxylation is 2. The molecule has 0 spiro atoms. The summed E-state index contributed by atoms with van der Waals surface area (Å²) in [6.07, 6.45) is 0. The van der Waals surface area contributed by atoms with E-state index in [2.05, 4.69) is 6.07 Å². The zero-order valence-corrected chi connectivity index (χ0v) is 17.3. The predicted molar refractivity (Wildman–Crippen MR) is 119 cm³/mol. The first-order valence-corrected chi connectivity index (χ1v) is 10.2. The lowest BCUT2D eigenvalue weighted by Crippen LogP contribution is -2.30. The fourth-order valence-corrected chi connectivity index (χ4v) is 4.35. The van der Waals surface area contributed by atoms with E-state index < -0.39 is 4.92 Å². The van der Waals surface area contributed by atoms with Crippen LogP contribution < -0.4 is 4.90 Å². The van der Waals surface area contributed by atoms with Crippen molar-refractivity contribution in [1.82, 2.24) is 4.98 Å². The lowest BCUT2D eigenvalue weighted by atomic mass is 10.1. The van der Waals surface area contributed by atoms with Gasteiger partial charge in [-0.1, -0.05) is 53.8 Å². The standard InChI is InChI=1S/C23H19N3O3S/c1-15-8-9-16(2)21-20(15)24-23(30-21)25(14-17-6-4-3-5-7-17)22(27)18-10-12-19(13-11-18)26(28)29/h3-13H,14H2,1-2H3. The van der Waals surface area contributed by atoms with E-state index in [0.717, 1.165) is 26.9 Å². The van der Waals surface area contributed by atoms with E-state index in [1.54, 1.807) is 4.90 Å². The molecule has 0 atom stereocenters. The normalized spacial score (nSPS) is 10.9. The molecule has 0 unspecified atom stereocenters. The number of amides is 1. The Morgan fingerprint density at radius 1 is 1.00 bits per heavy atom. The number of hydrogen-bond acceptors (Lipinski definition) is 5. The summed E-state index contributed by atoms with van der Waals surface area (Å²) in [5.41, 5.74) is 4.36. The summed E-state index contributed by atoms with van der Waals surface area (Å²) in [5, 5.41) is 11.5. The highest BCUT2D eigenvalue weighted by Crippen LogP contribution is 2.34. The molecular formula is C23H19N3O3S. The highest BCUT2D eigenvalue weighted by Gasteiger charge is 2.23. The van der Waals surface area contributed by atoms with Gasteiger partial charge in [-0.25, -0.2) is 4.98 Å². The number of thiazole rings is 1. The third-order valence-corrected chi connectivity index (χ3v) is 6.13. The van der Waals surface area contributed by atoms with Crippen LogP contribution in [0.5, 0.6) is 0 Å². The maximum atomic E-state index is 13.4. The molecule has 0 aliphatic heterocycles. The summed E-state index contributed by atoms with van der Waals surface area (Å²) in [6.45, 7) is 4.39. The molecule has 0 radical (unpaired) electrons. The highest BCUT2D eigenvalue weighted by molar-refractivity contribution is 7.22. The van der Waals surface area contributed by atoms with Gasteiger partial charge < -0.3 is 0 Å². The smallest absolute Gasteiger partial charge is 0.269 e. The van der Waals surface area contributed by atoms with Gasteiger partial charge >= 0.3 is 0 Å². The number of non-ortho nitro benzene ring substituents is 1. The van der Waals surface area contributed by atoms with E-state index in [0.29, 0.717) is 17.2 Å². The first kappa shape index (κ1) is 19.7. The Kier molecular flexibility index (Phi) is 5.29. The van der Waals surface area contributed by atoms with Crippen LogP contribution in [0.1, 0.15) is 27.0 Å². The zero-order valence-electron chi connectivity index (χ0n) is 16.5. The summed E-state index contributed by atoms with van der Waals surface area (Å²) < 4.78 is 1.06. The molecule has 7 heteroatoms. The van der Waals surface area contributed by atoms with Gasteiger partial charge in [0.05, 0.1) is 21.7 Å². The van der Waals surface area contributed by atoms with Crippen molar-refractivity contribution in [2.75, 3.05) is 4.90 Å². The van der Waals surface area contributed by atoms with Crippen LogP contribution in [0.25, 0.3) is 10.2 Å². The fraction of sp³-hybridized carbons (Fsp3) is 0.130. The third-order valence-electron chi connectivity index (χ3n) is 4.92. The molecule has 0 fully saturated rings. The number of fused-ring (bicyclic) bond motifs is 1. The average Bonchev–Trinajstić information content (AvgIpc) is 3.21. The van der Waals surface area contributed by atoms with Crippen LogP contribution >= 0.6 is 11.3 Å². The van der Waals surface area contributed by atoms with E-state index in [4.69, 9.17) is 4.98 Å². The minimum atomic E-state index is -0.477. The van der Waals surface area contributed by atoms with Gasteiger partial charge in [-0.05, 0) is 42.7 Å². The largest absolute Gasteiger partial charge is 0.279 e. The topological polar surface area (TPSA) is 76.3 Å². The first-order valence-electron chi connectivity index (χ1n) is 9.41. The van der Waals surface area contributed by atoms with E-state index in [-0.39, 0.29) is 11.6 Å². The van der Waals surface area contributed by atoms with Crippen molar-refractivity contribution in [1.29, 1.82) is 0 Å². The van der Waals surface area contributed by atoms with E-state index in [1.165, 1.54) is 35.6 Å². The van der Waals surface area contributed by atoms with Crippen LogP contribution in [-0.4, -0.2) is 15.8 Å². The van der Waals surface area contributed by atoms with Crippen molar-refractivity contribution in [3.63, 3.8) is 0 Å². The number of carbonyl (C=O) groups is 1. The molecule has 3 aromatic carbocycles. The van der Waals surface area contributed by atoms with Crippen molar-refractivity contribution in [3.8, 4) is 0 Å². The molecule has 0 aliphatic rings. The van der Waals surface area contributed by atoms with Gasteiger partial charge in [0.2, 0.25) is 0 Å². The molecule has 1 amide bonds. The molecule has 0 N–H and O–H groups in total. The maximum Gasteiger partial charge on any atom is 0.269 e. The average molecular weight is 417 g/mol. The van der Waals surface area contributed by atoms with Gasteiger partial charge in [-0.15, -0.1) is 0 Å². The van der Waals surface area contributed by atoms with Gasteiger partial charge in [-0.3, -0.25) is 19.8 Å². The molecule has 6 nitrogen and oxygen atoms in total. The van der Waals surface area contributed by atoms with Crippen molar-refractivity contribution < 1.29 is 9.72 Å². The van der Waals surface area contributed by atoms with Crippen LogP contribution in [0.4, 0.5) is 10.8 Å². The van der Waals surface area contributed by atoms with Crippen molar-refractivity contribution in [2.24, 2.45) is 0 Å². The number of benzene rings is 3. The van der Waals surface area contributed by atoms with E-state index in [1.807, 2.05) is 50.2 Å². The Morgan fingerprint density at radius 2 is 1.67 bits per heavy atom. The molecule has 0 bridgehead atoms. The molecular weight excluding hydrogens is 398 g/mol. The number of nitro groups is 1. The third kappa shape index (κ3) is 3.79. The summed E-state index contributed by atoms with van der Waals surface area (Å²) in [5.74, 6) is -0.247. The van der Waals surface area contributed by atoms with Crippen molar-refractivity contribution in [2.45, 2.75) is 20.4 Å². The lowest BCUT2D eigenvalue weighted by molar-refractivity contribution is -0.384. The second-order valence-corrected chi connectivity index (χ2v) is 8.03. The molecule has 4 rings (SSSR count). The summed E-state index contributed by atoms with van der Waals surface area (Å²) >= 11 is 1.48. The van der Waals surface area contributed by atoms with Crippen LogP contribution in [0.15, 0.2) is 66.7 Å². The minimum absolute atomic E-state index is 0.0487. The Morgan fingerprint density at radius 3 is 2.30 bits per heavy atom. The van der Waals surface area contributed by atoms with Crippen LogP contribution in [0.2, 0.25) is 0 Å². The Bertz CT molecular complexity index is 1200. The van der Waals surface area contributed by atoms with Crippen LogP contribution in [-0.2, 0) is 6.54 Å². The molecule has 30 heavy (non-hydrogen) atoms. The van der Waals surface area contributed by atoms with Crippen LogP contribution in [0, 0.1) is 24.0 Å². The quantitative estimate of drug-likeness (QED) is 0.310. The predicted octanol–water partition coefficient (Wildman–Crippen LogP) is 5.67. The molecule has 150 valence electrons.